The van der Waals surface area contributed by atoms with Crippen LogP contribution in [0, 0.1) is 0 Å². The molecule has 0 aliphatic rings. The molecule has 2 rings (SSSR count). The van der Waals surface area contributed by atoms with Crippen LogP contribution in [0.1, 0.15) is 18.1 Å². The zero-order valence-electron chi connectivity index (χ0n) is 8.62. The number of aryl methyl sites for hydroxylation is 1. The number of nitrogens with two attached hydrogens (primary N) is 1. The summed E-state index contributed by atoms with van der Waals surface area (Å²) in [5, 5.41) is 0.994. The molecule has 1 heterocycles. The van der Waals surface area contributed by atoms with Crippen LogP contribution in [0.5, 0.6) is 0 Å². The molecular formula is C12H13NO2. The van der Waals surface area contributed by atoms with Crippen molar-refractivity contribution in [3.8, 4) is 0 Å². The van der Waals surface area contributed by atoms with Gasteiger partial charge in [0.1, 0.15) is 5.58 Å². The fraction of sp³-hybridized carbons (Fsp3) is 0.250. The lowest BCUT2D eigenvalue weighted by Crippen LogP contribution is -2.13. The van der Waals surface area contributed by atoms with Crippen LogP contribution >= 0.6 is 0 Å². The van der Waals surface area contributed by atoms with Crippen molar-refractivity contribution >= 4 is 16.9 Å². The lowest BCUT2D eigenvalue weighted by Gasteiger charge is -1.97. The average molecular weight is 203 g/mol. The Hall–Kier alpha value is -1.77. The van der Waals surface area contributed by atoms with Crippen LogP contribution in [0.4, 0.5) is 0 Å². The monoisotopic (exact) mass is 203 g/mol. The van der Waals surface area contributed by atoms with Crippen molar-refractivity contribution in [2.24, 2.45) is 5.73 Å². The van der Waals surface area contributed by atoms with Crippen molar-refractivity contribution in [3.63, 3.8) is 0 Å². The standard InChI is InChI=1S/C12H13NO2/c1-2-8-3-4-11-10(5-8)9(7-15-11)6-12(13)14/h3-5,7H,2,6H2,1H3,(H2,13,14). The Labute approximate surface area is 87.9 Å². The number of fused-ring (bicyclic) bond motifs is 1. The van der Waals surface area contributed by atoms with Crippen LogP contribution < -0.4 is 5.73 Å². The summed E-state index contributed by atoms with van der Waals surface area (Å²) in [5.41, 5.74) is 8.07. The van der Waals surface area contributed by atoms with Crippen molar-refractivity contribution < 1.29 is 9.21 Å². The summed E-state index contributed by atoms with van der Waals surface area (Å²) in [5.74, 6) is -0.334. The van der Waals surface area contributed by atoms with Crippen molar-refractivity contribution in [1.29, 1.82) is 0 Å². The van der Waals surface area contributed by atoms with E-state index in [1.165, 1.54) is 5.56 Å². The van der Waals surface area contributed by atoms with Gasteiger partial charge >= 0.3 is 0 Å². The Morgan fingerprint density at radius 2 is 2.27 bits per heavy atom. The molecule has 3 heteroatoms. The van der Waals surface area contributed by atoms with Crippen LogP contribution in [0.2, 0.25) is 0 Å². The SMILES string of the molecule is CCc1ccc2occ(CC(N)=O)c2c1. The normalized spacial score (nSPS) is 10.7. The maximum Gasteiger partial charge on any atom is 0.221 e. The van der Waals surface area contributed by atoms with E-state index in [-0.39, 0.29) is 12.3 Å². The average Bonchev–Trinajstić information content (AvgIpc) is 2.60. The number of benzene rings is 1. The highest BCUT2D eigenvalue weighted by Gasteiger charge is 2.08. The Morgan fingerprint density at radius 1 is 1.47 bits per heavy atom. The van der Waals surface area contributed by atoms with Gasteiger partial charge < -0.3 is 10.2 Å². The van der Waals surface area contributed by atoms with Gasteiger partial charge in [-0.3, -0.25) is 4.79 Å². The quantitative estimate of drug-likeness (QED) is 0.829. The van der Waals surface area contributed by atoms with E-state index in [1.807, 2.05) is 12.1 Å². The summed E-state index contributed by atoms with van der Waals surface area (Å²) >= 11 is 0. The number of hydrogen-bond donors (Lipinski definition) is 1. The van der Waals surface area contributed by atoms with Gasteiger partial charge in [0, 0.05) is 10.9 Å². The molecule has 0 atom stereocenters. The minimum atomic E-state index is -0.334. The number of hydrogen-bond acceptors (Lipinski definition) is 2. The molecule has 0 aliphatic heterocycles. The molecular weight excluding hydrogens is 190 g/mol. The van der Waals surface area contributed by atoms with Gasteiger partial charge in [0.05, 0.1) is 12.7 Å². The largest absolute Gasteiger partial charge is 0.464 e. The Bertz CT molecular complexity index is 499. The molecule has 1 aromatic carbocycles. The summed E-state index contributed by atoms with van der Waals surface area (Å²) in [4.78, 5) is 10.8. The highest BCUT2D eigenvalue weighted by molar-refractivity contribution is 5.87. The maximum atomic E-state index is 10.8. The predicted molar refractivity (Wildman–Crippen MR) is 58.5 cm³/mol. The van der Waals surface area contributed by atoms with Crippen LogP contribution in [0.15, 0.2) is 28.9 Å². The zero-order chi connectivity index (χ0) is 10.8. The Kier molecular flexibility index (Phi) is 2.46. The van der Waals surface area contributed by atoms with Gasteiger partial charge in [0.2, 0.25) is 5.91 Å². The molecule has 0 spiro atoms. The second-order valence-corrected chi connectivity index (χ2v) is 3.59. The number of furan rings is 1. The van der Waals surface area contributed by atoms with E-state index in [2.05, 4.69) is 13.0 Å². The van der Waals surface area contributed by atoms with E-state index in [4.69, 9.17) is 10.2 Å². The third-order valence-electron chi connectivity index (χ3n) is 2.49. The maximum absolute atomic E-state index is 10.8. The summed E-state index contributed by atoms with van der Waals surface area (Å²) in [7, 11) is 0. The molecule has 15 heavy (non-hydrogen) atoms. The van der Waals surface area contributed by atoms with Gasteiger partial charge in [-0.25, -0.2) is 0 Å². The third kappa shape index (κ3) is 1.86. The summed E-state index contributed by atoms with van der Waals surface area (Å²) in [6.45, 7) is 2.09. The molecule has 0 unspecified atom stereocenters. The zero-order valence-corrected chi connectivity index (χ0v) is 8.62. The first kappa shape index (κ1) is 9.77. The van der Waals surface area contributed by atoms with Gasteiger partial charge in [-0.2, -0.15) is 0 Å². The van der Waals surface area contributed by atoms with Crippen molar-refractivity contribution in [3.05, 3.63) is 35.6 Å². The number of carbonyl (C=O) groups excluding carboxylic acids is 1. The molecule has 0 fully saturated rings. The first-order valence-electron chi connectivity index (χ1n) is 4.98. The van der Waals surface area contributed by atoms with Crippen LogP contribution in [0.25, 0.3) is 11.0 Å². The fourth-order valence-electron chi connectivity index (χ4n) is 1.67. The molecule has 0 bridgehead atoms. The van der Waals surface area contributed by atoms with Crippen LogP contribution in [-0.4, -0.2) is 5.91 Å². The van der Waals surface area contributed by atoms with Gasteiger partial charge in [-0.1, -0.05) is 13.0 Å². The van der Waals surface area contributed by atoms with E-state index < -0.39 is 0 Å². The molecule has 0 saturated carbocycles. The fourth-order valence-corrected chi connectivity index (χ4v) is 1.67. The molecule has 78 valence electrons. The predicted octanol–water partition coefficient (Wildman–Crippen LogP) is 2.02. The molecule has 1 aromatic heterocycles. The summed E-state index contributed by atoms with van der Waals surface area (Å²) < 4.78 is 5.34. The highest BCUT2D eigenvalue weighted by atomic mass is 16.3. The smallest absolute Gasteiger partial charge is 0.221 e. The van der Waals surface area contributed by atoms with Crippen LogP contribution in [-0.2, 0) is 17.6 Å². The van der Waals surface area contributed by atoms with Crippen molar-refractivity contribution in [2.45, 2.75) is 19.8 Å². The molecule has 2 aromatic rings. The first-order chi connectivity index (χ1) is 7.20. The summed E-state index contributed by atoms with van der Waals surface area (Å²) in [6.07, 6.45) is 2.81. The number of carbonyl (C=O) groups is 1. The highest BCUT2D eigenvalue weighted by Crippen LogP contribution is 2.23. The van der Waals surface area contributed by atoms with Gasteiger partial charge in [0.15, 0.2) is 0 Å². The number of amides is 1. The van der Waals surface area contributed by atoms with Gasteiger partial charge in [-0.15, -0.1) is 0 Å². The number of primary amides is 1. The lowest BCUT2D eigenvalue weighted by atomic mass is 10.1. The Balaban J connectivity index is 2.51. The topological polar surface area (TPSA) is 56.2 Å². The van der Waals surface area contributed by atoms with E-state index in [9.17, 15) is 4.79 Å². The first-order valence-corrected chi connectivity index (χ1v) is 4.98. The molecule has 0 aliphatic carbocycles. The van der Waals surface area contributed by atoms with Gasteiger partial charge in [-0.05, 0) is 24.1 Å². The molecule has 2 N–H and O–H groups in total. The van der Waals surface area contributed by atoms with Crippen LogP contribution in [0.3, 0.4) is 0 Å². The molecule has 1 amide bonds. The minimum Gasteiger partial charge on any atom is -0.464 e. The molecule has 3 nitrogen and oxygen atoms in total. The molecule has 0 saturated heterocycles. The van der Waals surface area contributed by atoms with E-state index in [0.29, 0.717) is 0 Å². The second-order valence-electron chi connectivity index (χ2n) is 3.59. The van der Waals surface area contributed by atoms with Crippen molar-refractivity contribution in [2.75, 3.05) is 0 Å². The molecule has 0 radical (unpaired) electrons. The lowest BCUT2D eigenvalue weighted by molar-refractivity contribution is -0.117. The van der Waals surface area contributed by atoms with E-state index >= 15 is 0 Å². The third-order valence-corrected chi connectivity index (χ3v) is 2.49. The summed E-state index contributed by atoms with van der Waals surface area (Å²) in [6, 6.07) is 6.01. The minimum absolute atomic E-state index is 0.236. The van der Waals surface area contributed by atoms with E-state index in [1.54, 1.807) is 6.26 Å². The number of rotatable bonds is 3. The van der Waals surface area contributed by atoms with E-state index in [0.717, 1.165) is 23.0 Å². The van der Waals surface area contributed by atoms with Crippen molar-refractivity contribution in [1.82, 2.24) is 0 Å². The second kappa shape index (κ2) is 3.77. The van der Waals surface area contributed by atoms with Gasteiger partial charge in [0.25, 0.3) is 0 Å². The Morgan fingerprint density at radius 3 is 2.93 bits per heavy atom.